The fourth-order valence-electron chi connectivity index (χ4n) is 2.01. The van der Waals surface area contributed by atoms with Gasteiger partial charge in [-0.25, -0.2) is 0 Å². The highest BCUT2D eigenvalue weighted by molar-refractivity contribution is 9.09. The van der Waals surface area contributed by atoms with E-state index in [2.05, 4.69) is 35.8 Å². The van der Waals surface area contributed by atoms with Gasteiger partial charge in [0.05, 0.1) is 0 Å². The molecule has 0 aliphatic carbocycles. The molecule has 0 radical (unpaired) electrons. The highest BCUT2D eigenvalue weighted by atomic mass is 79.9. The number of alkyl halides is 1. The van der Waals surface area contributed by atoms with Gasteiger partial charge in [-0.3, -0.25) is 0 Å². The van der Waals surface area contributed by atoms with Gasteiger partial charge >= 0.3 is 0 Å². The van der Waals surface area contributed by atoms with E-state index in [4.69, 9.17) is 23.2 Å². The molecule has 0 bridgehead atoms. The second-order valence-corrected chi connectivity index (χ2v) is 6.64. The van der Waals surface area contributed by atoms with E-state index < -0.39 is 0 Å². The molecule has 0 aromatic heterocycles. The van der Waals surface area contributed by atoms with Crippen molar-refractivity contribution in [3.63, 3.8) is 0 Å². The predicted octanol–water partition coefficient (Wildman–Crippen LogP) is 6.29. The van der Waals surface area contributed by atoms with E-state index >= 15 is 0 Å². The molecule has 0 aliphatic rings. The maximum absolute atomic E-state index is 6.34. The van der Waals surface area contributed by atoms with Crippen LogP contribution in [0.3, 0.4) is 0 Å². The molecular weight excluding hydrogens is 343 g/mol. The summed E-state index contributed by atoms with van der Waals surface area (Å²) in [7, 11) is 0. The van der Waals surface area contributed by atoms with Crippen LogP contribution in [-0.4, -0.2) is 0 Å². The molecule has 2 aromatic carbocycles. The summed E-state index contributed by atoms with van der Waals surface area (Å²) < 4.78 is 0. The van der Waals surface area contributed by atoms with E-state index in [0.29, 0.717) is 0 Å². The largest absolute Gasteiger partial charge is 0.0840 e. The summed E-state index contributed by atoms with van der Waals surface area (Å²) in [6.45, 7) is 4.17. The fourth-order valence-corrected chi connectivity index (χ4v) is 3.43. The van der Waals surface area contributed by atoms with E-state index in [1.54, 1.807) is 0 Å². The molecule has 0 amide bonds. The van der Waals surface area contributed by atoms with Crippen molar-refractivity contribution in [2.45, 2.75) is 25.1 Å². The third kappa shape index (κ3) is 3.53. The van der Waals surface area contributed by atoms with Crippen molar-refractivity contribution in [2.24, 2.45) is 0 Å². The van der Waals surface area contributed by atoms with Gasteiger partial charge in [-0.05, 0) is 54.7 Å². The van der Waals surface area contributed by atoms with E-state index in [1.807, 2.05) is 30.3 Å². The Balaban J connectivity index is 2.28. The normalized spacial score (nSPS) is 12.5. The molecule has 0 heterocycles. The highest BCUT2D eigenvalue weighted by Crippen LogP contribution is 2.35. The van der Waals surface area contributed by atoms with Crippen molar-refractivity contribution >= 4 is 39.1 Å². The molecular formula is C16H15BrCl2. The minimum Gasteiger partial charge on any atom is -0.0840 e. The zero-order chi connectivity index (χ0) is 14.0. The number of hydrogen-bond donors (Lipinski definition) is 0. The Bertz CT molecular complexity index is 593. The zero-order valence-electron chi connectivity index (χ0n) is 10.9. The Labute approximate surface area is 132 Å². The van der Waals surface area contributed by atoms with Crippen LogP contribution in [-0.2, 0) is 6.42 Å². The minimum absolute atomic E-state index is 0.166. The number of benzene rings is 2. The summed E-state index contributed by atoms with van der Waals surface area (Å²) in [4.78, 5) is 0.166. The summed E-state index contributed by atoms with van der Waals surface area (Å²) in [6.07, 6.45) is 0.821. The third-order valence-corrected chi connectivity index (χ3v) is 4.82. The van der Waals surface area contributed by atoms with Crippen molar-refractivity contribution in [3.8, 4) is 0 Å². The van der Waals surface area contributed by atoms with Crippen molar-refractivity contribution in [1.82, 2.24) is 0 Å². The fraction of sp³-hybridized carbons (Fsp3) is 0.250. The first-order chi connectivity index (χ1) is 8.99. The van der Waals surface area contributed by atoms with Crippen LogP contribution in [0.4, 0.5) is 0 Å². The summed E-state index contributed by atoms with van der Waals surface area (Å²) >= 11 is 16.3. The Kier molecular flexibility index (Phi) is 4.94. The zero-order valence-corrected chi connectivity index (χ0v) is 14.0. The van der Waals surface area contributed by atoms with Crippen LogP contribution in [0.15, 0.2) is 36.4 Å². The molecule has 2 rings (SSSR count). The average molecular weight is 358 g/mol. The van der Waals surface area contributed by atoms with Gasteiger partial charge in [-0.2, -0.15) is 0 Å². The molecule has 0 saturated heterocycles. The maximum atomic E-state index is 6.34. The van der Waals surface area contributed by atoms with Crippen LogP contribution < -0.4 is 0 Å². The van der Waals surface area contributed by atoms with Crippen molar-refractivity contribution in [2.75, 3.05) is 0 Å². The van der Waals surface area contributed by atoms with Crippen LogP contribution >= 0.6 is 39.1 Å². The summed E-state index contributed by atoms with van der Waals surface area (Å²) in [5.41, 5.74) is 4.71. The smallest absolute Gasteiger partial charge is 0.0452 e. The molecule has 19 heavy (non-hydrogen) atoms. The lowest BCUT2D eigenvalue weighted by Gasteiger charge is -2.15. The molecule has 100 valence electrons. The lowest BCUT2D eigenvalue weighted by Crippen LogP contribution is -1.98. The molecule has 0 fully saturated rings. The van der Waals surface area contributed by atoms with Crippen LogP contribution in [0.25, 0.3) is 0 Å². The van der Waals surface area contributed by atoms with E-state index in [-0.39, 0.29) is 4.83 Å². The highest BCUT2D eigenvalue weighted by Gasteiger charge is 2.14. The molecule has 0 spiro atoms. The number of halogens is 3. The van der Waals surface area contributed by atoms with Gasteiger partial charge in [0.1, 0.15) is 0 Å². The quantitative estimate of drug-likeness (QED) is 0.566. The van der Waals surface area contributed by atoms with Crippen molar-refractivity contribution in [1.29, 1.82) is 0 Å². The second kappa shape index (κ2) is 6.30. The Morgan fingerprint density at radius 1 is 1.00 bits per heavy atom. The van der Waals surface area contributed by atoms with E-state index in [9.17, 15) is 0 Å². The third-order valence-electron chi connectivity index (χ3n) is 3.31. The first kappa shape index (κ1) is 14.9. The van der Waals surface area contributed by atoms with Gasteiger partial charge < -0.3 is 0 Å². The molecule has 2 aromatic rings. The van der Waals surface area contributed by atoms with Crippen LogP contribution in [0.5, 0.6) is 0 Å². The van der Waals surface area contributed by atoms with E-state index in [0.717, 1.165) is 27.6 Å². The first-order valence-electron chi connectivity index (χ1n) is 6.13. The SMILES string of the molecule is Cc1cc(Cl)c(C(Br)Cc2ccccc2Cl)cc1C. The monoisotopic (exact) mass is 356 g/mol. The number of hydrogen-bond acceptors (Lipinski definition) is 0. The summed E-state index contributed by atoms with van der Waals surface area (Å²) in [6, 6.07) is 12.1. The molecule has 0 aliphatic heterocycles. The van der Waals surface area contributed by atoms with Crippen molar-refractivity contribution in [3.05, 3.63) is 68.7 Å². The van der Waals surface area contributed by atoms with Crippen LogP contribution in [0, 0.1) is 13.8 Å². The Morgan fingerprint density at radius 2 is 1.63 bits per heavy atom. The van der Waals surface area contributed by atoms with Gasteiger partial charge in [0.15, 0.2) is 0 Å². The van der Waals surface area contributed by atoms with Crippen LogP contribution in [0.1, 0.15) is 27.1 Å². The van der Waals surface area contributed by atoms with Gasteiger partial charge in [-0.1, -0.05) is 63.4 Å². The molecule has 1 atom stereocenters. The predicted molar refractivity (Wildman–Crippen MR) is 87.8 cm³/mol. The summed E-state index contributed by atoms with van der Waals surface area (Å²) in [5.74, 6) is 0. The molecule has 0 saturated carbocycles. The maximum Gasteiger partial charge on any atom is 0.0452 e. The summed E-state index contributed by atoms with van der Waals surface area (Å²) in [5, 5.41) is 1.60. The van der Waals surface area contributed by atoms with Gasteiger partial charge in [-0.15, -0.1) is 0 Å². The Hall–Kier alpha value is -0.500. The standard InChI is InChI=1S/C16H15BrCl2/c1-10-7-13(16(19)8-11(10)2)14(17)9-12-5-3-4-6-15(12)18/h3-8,14H,9H2,1-2H3. The van der Waals surface area contributed by atoms with Crippen LogP contribution in [0.2, 0.25) is 10.0 Å². The first-order valence-corrected chi connectivity index (χ1v) is 7.80. The minimum atomic E-state index is 0.166. The van der Waals surface area contributed by atoms with E-state index in [1.165, 1.54) is 11.1 Å². The average Bonchev–Trinajstić information content (AvgIpc) is 2.36. The second-order valence-electron chi connectivity index (χ2n) is 4.72. The van der Waals surface area contributed by atoms with Gasteiger partial charge in [0.25, 0.3) is 0 Å². The lowest BCUT2D eigenvalue weighted by atomic mass is 10.00. The molecule has 3 heteroatoms. The van der Waals surface area contributed by atoms with Gasteiger partial charge in [0, 0.05) is 14.9 Å². The van der Waals surface area contributed by atoms with Crippen molar-refractivity contribution < 1.29 is 0 Å². The lowest BCUT2D eigenvalue weighted by molar-refractivity contribution is 0.946. The number of rotatable bonds is 3. The van der Waals surface area contributed by atoms with Gasteiger partial charge in [0.2, 0.25) is 0 Å². The topological polar surface area (TPSA) is 0 Å². The molecule has 1 unspecified atom stereocenters. The Morgan fingerprint density at radius 3 is 2.32 bits per heavy atom. The molecule has 0 nitrogen and oxygen atoms in total. The molecule has 0 N–H and O–H groups in total. The number of aryl methyl sites for hydroxylation is 2.